The van der Waals surface area contributed by atoms with E-state index in [9.17, 15) is 21.6 Å². The van der Waals surface area contributed by atoms with Crippen molar-refractivity contribution in [3.63, 3.8) is 0 Å². The Bertz CT molecular complexity index is 206. The summed E-state index contributed by atoms with van der Waals surface area (Å²) in [5.41, 5.74) is -3.46. The fraction of sp³-hybridized carbons (Fsp3) is 1.00. The molecular formula is C2H3F3O3S. The molecule has 0 spiro atoms. The van der Waals surface area contributed by atoms with Gasteiger partial charge in [-0.3, -0.25) is 4.55 Å². The van der Waals surface area contributed by atoms with Crippen LogP contribution >= 0.6 is 0 Å². The molecule has 1 atom stereocenters. The second-order valence-electron chi connectivity index (χ2n) is 1.17. The molecule has 0 fully saturated rings. The fourth-order valence-electron chi connectivity index (χ4n) is 0.169. The van der Waals surface area contributed by atoms with Gasteiger partial charge in [-0.15, -0.1) is 0 Å². The van der Waals surface area contributed by atoms with Crippen molar-refractivity contribution in [2.75, 3.05) is 5.73 Å². The maximum Gasteiger partial charge on any atom is 0.405 e. The van der Waals surface area contributed by atoms with E-state index in [0.29, 0.717) is 0 Å². The van der Waals surface area contributed by atoms with E-state index in [1.807, 2.05) is 0 Å². The van der Waals surface area contributed by atoms with Crippen LogP contribution in [-0.4, -0.2) is 24.9 Å². The average molecular weight is 165 g/mol. The van der Waals surface area contributed by atoms with Crippen molar-refractivity contribution < 1.29 is 27.5 Å². The number of rotatable bonds is 1. The minimum atomic E-state index is -5.32. The lowest BCUT2D eigenvalue weighted by atomic mass is 10.8. The van der Waals surface area contributed by atoms with Gasteiger partial charge in [-0.05, 0) is 0 Å². The highest BCUT2D eigenvalue weighted by atomic mass is 32.2. The van der Waals surface area contributed by atoms with Crippen molar-refractivity contribution >= 4 is 10.1 Å². The maximum absolute atomic E-state index is 11.2. The molecule has 0 aliphatic rings. The van der Waals surface area contributed by atoms with Crippen molar-refractivity contribution in [2.24, 2.45) is 0 Å². The Morgan fingerprint density at radius 3 is 1.89 bits per heavy atom. The van der Waals surface area contributed by atoms with Crippen molar-refractivity contribution in [3.05, 3.63) is 0 Å². The number of halogens is 3. The molecule has 0 bridgehead atoms. The third-order valence-corrected chi connectivity index (χ3v) is 0.848. The average Bonchev–Trinajstić information content (AvgIpc) is 1.59. The van der Waals surface area contributed by atoms with Gasteiger partial charge in [0.2, 0.25) is 0 Å². The van der Waals surface area contributed by atoms with Gasteiger partial charge in [-0.2, -0.15) is 21.6 Å². The Morgan fingerprint density at radius 2 is 1.89 bits per heavy atom. The summed E-state index contributed by atoms with van der Waals surface area (Å²) in [5, 5.41) is 0. The SMILES string of the molecule is [2H]C(C(F)(F)F)S(=O)(=O)O. The lowest BCUT2D eigenvalue weighted by Crippen LogP contribution is -2.21. The minimum Gasteiger partial charge on any atom is -0.285 e. The summed E-state index contributed by atoms with van der Waals surface area (Å²) in [6.07, 6.45) is -5.23. The van der Waals surface area contributed by atoms with E-state index in [-0.39, 0.29) is 0 Å². The van der Waals surface area contributed by atoms with E-state index in [2.05, 4.69) is 0 Å². The Morgan fingerprint density at radius 1 is 1.56 bits per heavy atom. The van der Waals surface area contributed by atoms with E-state index in [1.165, 1.54) is 0 Å². The summed E-state index contributed by atoms with van der Waals surface area (Å²) >= 11 is 0. The zero-order chi connectivity index (χ0) is 8.58. The molecule has 0 saturated carbocycles. The Labute approximate surface area is 50.6 Å². The zero-order valence-corrected chi connectivity index (χ0v) is 4.70. The molecule has 0 aliphatic heterocycles. The lowest BCUT2D eigenvalue weighted by molar-refractivity contribution is -0.107. The first-order valence-corrected chi connectivity index (χ1v) is 3.11. The predicted octanol–water partition coefficient (Wildman–Crippen LogP) is 0.437. The van der Waals surface area contributed by atoms with Gasteiger partial charge in [-0.1, -0.05) is 0 Å². The van der Waals surface area contributed by atoms with Gasteiger partial charge >= 0.3 is 6.18 Å². The smallest absolute Gasteiger partial charge is 0.285 e. The van der Waals surface area contributed by atoms with E-state index in [1.54, 1.807) is 0 Å². The normalized spacial score (nSPS) is 18.9. The molecule has 1 unspecified atom stereocenters. The molecule has 7 heteroatoms. The van der Waals surface area contributed by atoms with E-state index in [4.69, 9.17) is 5.92 Å². The first-order chi connectivity index (χ1) is 4.15. The summed E-state index contributed by atoms with van der Waals surface area (Å²) in [7, 11) is -5.32. The molecule has 3 nitrogen and oxygen atoms in total. The van der Waals surface area contributed by atoms with Gasteiger partial charge in [0.15, 0.2) is 5.73 Å². The standard InChI is InChI=1S/C2H3F3O3S/c3-2(4,5)1-9(6,7)8/h1H2,(H,6,7,8)/i1D. The Kier molecular flexibility index (Phi) is 1.62. The van der Waals surface area contributed by atoms with Crippen LogP contribution < -0.4 is 0 Å². The van der Waals surface area contributed by atoms with Crippen LogP contribution in [0.15, 0.2) is 0 Å². The van der Waals surface area contributed by atoms with E-state index >= 15 is 0 Å². The van der Waals surface area contributed by atoms with Crippen LogP contribution in [-0.2, 0) is 10.1 Å². The lowest BCUT2D eigenvalue weighted by Gasteiger charge is -2.00. The van der Waals surface area contributed by atoms with E-state index in [0.717, 1.165) is 0 Å². The minimum absolute atomic E-state index is 3.46. The fourth-order valence-corrected chi connectivity index (χ4v) is 0.507. The van der Waals surface area contributed by atoms with Gasteiger partial charge in [0, 0.05) is 0 Å². The van der Waals surface area contributed by atoms with Crippen LogP contribution in [0.3, 0.4) is 0 Å². The van der Waals surface area contributed by atoms with Gasteiger partial charge in [0.1, 0.15) is 0 Å². The summed E-state index contributed by atoms with van der Waals surface area (Å²) in [6, 6.07) is 0. The van der Waals surface area contributed by atoms with Crippen molar-refractivity contribution in [1.29, 1.82) is 0 Å². The summed E-state index contributed by atoms with van der Waals surface area (Å²) in [4.78, 5) is 0. The number of hydrogen-bond acceptors (Lipinski definition) is 2. The van der Waals surface area contributed by atoms with Gasteiger partial charge in [0.05, 0.1) is 1.37 Å². The van der Waals surface area contributed by atoms with Gasteiger partial charge < -0.3 is 0 Å². The molecule has 0 aromatic rings. The van der Waals surface area contributed by atoms with Crippen LogP contribution in [0.25, 0.3) is 0 Å². The van der Waals surface area contributed by atoms with Gasteiger partial charge in [-0.25, -0.2) is 0 Å². The summed E-state index contributed by atoms with van der Waals surface area (Å²) in [5.74, 6) is 0. The molecule has 0 aliphatic carbocycles. The van der Waals surface area contributed by atoms with Crippen LogP contribution in [0, 0.1) is 0 Å². The van der Waals surface area contributed by atoms with Gasteiger partial charge in [0.25, 0.3) is 10.1 Å². The highest BCUT2D eigenvalue weighted by Crippen LogP contribution is 2.15. The molecule has 9 heavy (non-hydrogen) atoms. The molecule has 0 aromatic heterocycles. The topological polar surface area (TPSA) is 54.4 Å². The largest absolute Gasteiger partial charge is 0.405 e. The van der Waals surface area contributed by atoms with E-state index < -0.39 is 22.0 Å². The quantitative estimate of drug-likeness (QED) is 0.573. The second-order valence-corrected chi connectivity index (χ2v) is 2.44. The molecule has 0 heterocycles. The van der Waals surface area contributed by atoms with Crippen molar-refractivity contribution in [2.45, 2.75) is 6.18 Å². The molecular weight excluding hydrogens is 161 g/mol. The highest BCUT2D eigenvalue weighted by Gasteiger charge is 2.33. The second kappa shape index (κ2) is 2.14. The van der Waals surface area contributed by atoms with Crippen LogP contribution in [0.5, 0.6) is 0 Å². The molecule has 0 amide bonds. The Balaban J connectivity index is 4.56. The van der Waals surface area contributed by atoms with Crippen molar-refractivity contribution in [3.8, 4) is 0 Å². The van der Waals surface area contributed by atoms with Crippen LogP contribution in [0.1, 0.15) is 1.37 Å². The number of hydrogen-bond donors (Lipinski definition) is 1. The molecule has 56 valence electrons. The molecule has 0 aromatic carbocycles. The molecule has 0 rings (SSSR count). The monoisotopic (exact) mass is 165 g/mol. The Hall–Kier alpha value is -0.300. The number of alkyl halides is 3. The summed E-state index contributed by atoms with van der Waals surface area (Å²) < 4.78 is 66.5. The highest BCUT2D eigenvalue weighted by molar-refractivity contribution is 7.85. The first-order valence-electron chi connectivity index (χ1n) is 2.18. The molecule has 0 radical (unpaired) electrons. The van der Waals surface area contributed by atoms with Crippen LogP contribution in [0.2, 0.25) is 0 Å². The van der Waals surface area contributed by atoms with Crippen molar-refractivity contribution in [1.82, 2.24) is 0 Å². The molecule has 1 N–H and O–H groups in total. The summed E-state index contributed by atoms with van der Waals surface area (Å²) in [6.45, 7) is 0. The zero-order valence-electron chi connectivity index (χ0n) is 4.88. The third kappa shape index (κ3) is 7.70. The molecule has 0 saturated heterocycles. The third-order valence-electron chi connectivity index (χ3n) is 0.283. The maximum atomic E-state index is 11.2. The van der Waals surface area contributed by atoms with Crippen LogP contribution in [0.4, 0.5) is 13.2 Å². The predicted molar refractivity (Wildman–Crippen MR) is 22.5 cm³/mol. The first kappa shape index (κ1) is 6.81.